The molecule has 0 bridgehead atoms. The number of hydrogen-bond acceptors (Lipinski definition) is 4. The molecule has 3 rings (SSSR count). The second-order valence-electron chi connectivity index (χ2n) is 4.43. The van der Waals surface area contributed by atoms with Gasteiger partial charge in [0.05, 0.1) is 10.8 Å². The van der Waals surface area contributed by atoms with E-state index in [4.69, 9.17) is 10.2 Å². The maximum Gasteiger partial charge on any atom is 0.200 e. The van der Waals surface area contributed by atoms with Crippen molar-refractivity contribution in [3.05, 3.63) is 46.6 Å². The average Bonchev–Trinajstić information content (AvgIpc) is 2.38. The van der Waals surface area contributed by atoms with Crippen LogP contribution in [0, 0.1) is 0 Å². The van der Waals surface area contributed by atoms with Gasteiger partial charge >= 0.3 is 0 Å². The molecule has 3 aromatic rings. The number of rotatable bonds is 2. The van der Waals surface area contributed by atoms with Gasteiger partial charge in [0, 0.05) is 30.1 Å². The molecule has 19 heavy (non-hydrogen) atoms. The van der Waals surface area contributed by atoms with Crippen LogP contribution >= 0.6 is 0 Å². The summed E-state index contributed by atoms with van der Waals surface area (Å²) in [6.07, 6.45) is 0. The van der Waals surface area contributed by atoms with Crippen LogP contribution in [0.15, 0.2) is 45.6 Å². The smallest absolute Gasteiger partial charge is 0.200 e. The first-order valence-electron chi connectivity index (χ1n) is 6.19. The Labute approximate surface area is 109 Å². The van der Waals surface area contributed by atoms with Gasteiger partial charge in [0.15, 0.2) is 0 Å². The van der Waals surface area contributed by atoms with Crippen molar-refractivity contribution in [1.82, 2.24) is 0 Å². The van der Waals surface area contributed by atoms with E-state index in [0.29, 0.717) is 27.6 Å². The van der Waals surface area contributed by atoms with Crippen LogP contribution in [0.4, 0.5) is 11.4 Å². The van der Waals surface area contributed by atoms with E-state index in [1.807, 2.05) is 19.1 Å². The van der Waals surface area contributed by atoms with E-state index in [0.717, 1.165) is 12.2 Å². The lowest BCUT2D eigenvalue weighted by atomic mass is 10.1. The molecule has 0 saturated carbocycles. The number of fused-ring (bicyclic) bond motifs is 2. The van der Waals surface area contributed by atoms with Gasteiger partial charge in [0.1, 0.15) is 11.2 Å². The molecule has 0 amide bonds. The van der Waals surface area contributed by atoms with Crippen molar-refractivity contribution in [1.29, 1.82) is 0 Å². The molecule has 4 heteroatoms. The standard InChI is InChI=1S/C15H14N2O2/c1-2-17-10-4-6-12-14(8-10)19-13-7-9(16)3-5-11(13)15(12)18/h3-8,17H,2,16H2,1H3. The first-order valence-corrected chi connectivity index (χ1v) is 6.19. The van der Waals surface area contributed by atoms with Gasteiger partial charge < -0.3 is 15.5 Å². The maximum absolute atomic E-state index is 12.3. The Balaban J connectivity index is 2.36. The summed E-state index contributed by atoms with van der Waals surface area (Å²) in [7, 11) is 0. The van der Waals surface area contributed by atoms with Gasteiger partial charge in [-0.05, 0) is 31.2 Å². The van der Waals surface area contributed by atoms with Gasteiger partial charge in [-0.1, -0.05) is 0 Å². The number of anilines is 2. The van der Waals surface area contributed by atoms with Gasteiger partial charge in [-0.3, -0.25) is 4.79 Å². The van der Waals surface area contributed by atoms with E-state index >= 15 is 0 Å². The number of hydrogen-bond donors (Lipinski definition) is 2. The van der Waals surface area contributed by atoms with E-state index in [9.17, 15) is 4.79 Å². The Hall–Kier alpha value is -2.49. The minimum Gasteiger partial charge on any atom is -0.456 e. The van der Waals surface area contributed by atoms with Crippen LogP contribution in [-0.2, 0) is 0 Å². The number of nitrogen functional groups attached to an aromatic ring is 1. The highest BCUT2D eigenvalue weighted by molar-refractivity contribution is 5.92. The first-order chi connectivity index (χ1) is 9.19. The lowest BCUT2D eigenvalue weighted by Gasteiger charge is -2.06. The highest BCUT2D eigenvalue weighted by Gasteiger charge is 2.08. The van der Waals surface area contributed by atoms with Gasteiger partial charge in [-0.25, -0.2) is 0 Å². The summed E-state index contributed by atoms with van der Waals surface area (Å²) in [5.74, 6) is 0. The van der Waals surface area contributed by atoms with Crippen molar-refractivity contribution in [2.45, 2.75) is 6.92 Å². The molecule has 2 aromatic carbocycles. The Morgan fingerprint density at radius 3 is 2.53 bits per heavy atom. The van der Waals surface area contributed by atoms with Crippen LogP contribution in [-0.4, -0.2) is 6.54 Å². The molecule has 0 saturated heterocycles. The summed E-state index contributed by atoms with van der Waals surface area (Å²) in [5, 5.41) is 4.33. The fourth-order valence-electron chi connectivity index (χ4n) is 2.18. The van der Waals surface area contributed by atoms with E-state index in [1.54, 1.807) is 24.3 Å². The van der Waals surface area contributed by atoms with E-state index in [-0.39, 0.29) is 5.43 Å². The Kier molecular flexibility index (Phi) is 2.63. The van der Waals surface area contributed by atoms with Crippen molar-refractivity contribution < 1.29 is 4.42 Å². The largest absolute Gasteiger partial charge is 0.456 e. The zero-order valence-electron chi connectivity index (χ0n) is 10.6. The van der Waals surface area contributed by atoms with Crippen LogP contribution < -0.4 is 16.5 Å². The van der Waals surface area contributed by atoms with Gasteiger partial charge in [0.2, 0.25) is 5.43 Å². The first kappa shape index (κ1) is 11.6. The molecule has 0 radical (unpaired) electrons. The van der Waals surface area contributed by atoms with Crippen molar-refractivity contribution in [2.75, 3.05) is 17.6 Å². The molecular formula is C15H14N2O2. The second-order valence-corrected chi connectivity index (χ2v) is 4.43. The summed E-state index contributed by atoms with van der Waals surface area (Å²) >= 11 is 0. The predicted octanol–water partition coefficient (Wildman–Crippen LogP) is 2.96. The fourth-order valence-corrected chi connectivity index (χ4v) is 2.18. The predicted molar refractivity (Wildman–Crippen MR) is 78.6 cm³/mol. The molecular weight excluding hydrogens is 240 g/mol. The van der Waals surface area contributed by atoms with E-state index < -0.39 is 0 Å². The van der Waals surface area contributed by atoms with Crippen LogP contribution in [0.1, 0.15) is 6.92 Å². The lowest BCUT2D eigenvalue weighted by Crippen LogP contribution is -2.03. The molecule has 4 nitrogen and oxygen atoms in total. The number of benzene rings is 2. The number of nitrogens with one attached hydrogen (secondary N) is 1. The molecule has 96 valence electrons. The third kappa shape index (κ3) is 1.91. The van der Waals surface area contributed by atoms with Gasteiger partial charge in [-0.2, -0.15) is 0 Å². The SMILES string of the molecule is CCNc1ccc2c(=O)c3ccc(N)cc3oc2c1. The molecule has 1 heterocycles. The summed E-state index contributed by atoms with van der Waals surface area (Å²) in [4.78, 5) is 12.3. The van der Waals surface area contributed by atoms with Crippen molar-refractivity contribution in [3.8, 4) is 0 Å². The molecule has 3 N–H and O–H groups in total. The molecule has 0 spiro atoms. The lowest BCUT2D eigenvalue weighted by molar-refractivity contribution is 0.660. The van der Waals surface area contributed by atoms with Gasteiger partial charge in [-0.15, -0.1) is 0 Å². The molecule has 0 aliphatic rings. The molecule has 0 aliphatic carbocycles. The van der Waals surface area contributed by atoms with Crippen LogP contribution in [0.25, 0.3) is 21.9 Å². The summed E-state index contributed by atoms with van der Waals surface area (Å²) < 4.78 is 5.77. The molecule has 0 fully saturated rings. The fraction of sp³-hybridized carbons (Fsp3) is 0.133. The van der Waals surface area contributed by atoms with Crippen LogP contribution in [0.3, 0.4) is 0 Å². The third-order valence-corrected chi connectivity index (χ3v) is 3.08. The van der Waals surface area contributed by atoms with Crippen LogP contribution in [0.5, 0.6) is 0 Å². The summed E-state index contributed by atoms with van der Waals surface area (Å²) in [6.45, 7) is 2.83. The van der Waals surface area contributed by atoms with Crippen molar-refractivity contribution in [3.63, 3.8) is 0 Å². The minimum absolute atomic E-state index is 0.0284. The topological polar surface area (TPSA) is 68.3 Å². The highest BCUT2D eigenvalue weighted by Crippen LogP contribution is 2.23. The van der Waals surface area contributed by atoms with Crippen molar-refractivity contribution >= 4 is 33.3 Å². The maximum atomic E-state index is 12.3. The monoisotopic (exact) mass is 254 g/mol. The van der Waals surface area contributed by atoms with E-state index in [2.05, 4.69) is 5.32 Å². The third-order valence-electron chi connectivity index (χ3n) is 3.08. The quantitative estimate of drug-likeness (QED) is 0.545. The minimum atomic E-state index is -0.0284. The Morgan fingerprint density at radius 2 is 1.79 bits per heavy atom. The molecule has 0 aliphatic heterocycles. The zero-order chi connectivity index (χ0) is 13.4. The summed E-state index contributed by atoms with van der Waals surface area (Å²) in [6, 6.07) is 10.6. The van der Waals surface area contributed by atoms with Crippen LogP contribution in [0.2, 0.25) is 0 Å². The molecule has 0 atom stereocenters. The molecule has 0 unspecified atom stereocenters. The average molecular weight is 254 g/mol. The van der Waals surface area contributed by atoms with E-state index in [1.165, 1.54) is 0 Å². The highest BCUT2D eigenvalue weighted by atomic mass is 16.3. The van der Waals surface area contributed by atoms with Crippen molar-refractivity contribution in [2.24, 2.45) is 0 Å². The molecule has 1 aromatic heterocycles. The van der Waals surface area contributed by atoms with Gasteiger partial charge in [0.25, 0.3) is 0 Å². The summed E-state index contributed by atoms with van der Waals surface area (Å²) in [5.41, 5.74) is 8.30. The second kappa shape index (κ2) is 4.31. The number of nitrogens with two attached hydrogens (primary N) is 1. The Bertz CT molecular complexity index is 821. The Morgan fingerprint density at radius 1 is 1.11 bits per heavy atom. The normalized spacial score (nSPS) is 11.0. The zero-order valence-corrected chi connectivity index (χ0v) is 10.6.